The molecule has 14 heteroatoms. The highest BCUT2D eigenvalue weighted by molar-refractivity contribution is 5.87. The maximum atomic E-state index is 13.5. The smallest absolute Gasteiger partial charge is 0.407 e. The number of rotatable bonds is 12. The zero-order valence-electron chi connectivity index (χ0n) is 31.7. The van der Waals surface area contributed by atoms with Crippen LogP contribution in [0.25, 0.3) is 33.6 Å². The lowest BCUT2D eigenvalue weighted by molar-refractivity contribution is -0.135. The fourth-order valence-corrected chi connectivity index (χ4v) is 7.23. The third-order valence-electron chi connectivity index (χ3n) is 10.6. The van der Waals surface area contributed by atoms with Crippen LogP contribution in [-0.2, 0) is 24.6 Å². The van der Waals surface area contributed by atoms with Crippen LogP contribution in [-0.4, -0.2) is 81.7 Å². The molecule has 4 aromatic rings. The fraction of sp³-hybridized carbons (Fsp3) is 0.450. The van der Waals surface area contributed by atoms with E-state index in [1.165, 1.54) is 14.2 Å². The Morgan fingerprint density at radius 1 is 0.741 bits per heavy atom. The van der Waals surface area contributed by atoms with E-state index < -0.39 is 29.8 Å². The number of hydrogen-bond acceptors (Lipinski definition) is 8. The first-order valence-electron chi connectivity index (χ1n) is 18.6. The molecule has 3 unspecified atom stereocenters. The van der Waals surface area contributed by atoms with Crippen molar-refractivity contribution in [3.8, 4) is 33.6 Å². The molecule has 0 radical (unpaired) electrons. The van der Waals surface area contributed by atoms with E-state index in [1.54, 1.807) is 17.3 Å². The second-order valence-corrected chi connectivity index (χ2v) is 14.8. The molecule has 14 nitrogen and oxygen atoms in total. The highest BCUT2D eigenvalue weighted by Gasteiger charge is 2.44. The van der Waals surface area contributed by atoms with Crippen LogP contribution in [0, 0.1) is 11.8 Å². The predicted octanol–water partition coefficient (Wildman–Crippen LogP) is 6.05. The third-order valence-corrected chi connectivity index (χ3v) is 10.6. The Bertz CT molecular complexity index is 1950. The quantitative estimate of drug-likeness (QED) is 0.116. The van der Waals surface area contributed by atoms with Crippen LogP contribution >= 0.6 is 0 Å². The van der Waals surface area contributed by atoms with E-state index in [9.17, 15) is 19.2 Å². The molecule has 286 valence electrons. The Morgan fingerprint density at radius 3 is 1.78 bits per heavy atom. The van der Waals surface area contributed by atoms with E-state index >= 15 is 0 Å². The minimum absolute atomic E-state index is 0.105. The van der Waals surface area contributed by atoms with Crippen LogP contribution in [0.2, 0.25) is 0 Å². The average Bonchev–Trinajstić information content (AvgIpc) is 3.95. The van der Waals surface area contributed by atoms with Crippen LogP contribution in [0.15, 0.2) is 60.9 Å². The summed E-state index contributed by atoms with van der Waals surface area (Å²) in [4.78, 5) is 68.6. The summed E-state index contributed by atoms with van der Waals surface area (Å²) in [6.45, 7) is 8.14. The average molecular weight is 739 g/mol. The summed E-state index contributed by atoms with van der Waals surface area (Å²) in [7, 11) is 2.56. The van der Waals surface area contributed by atoms with Gasteiger partial charge < -0.3 is 40.3 Å². The number of methoxy groups -OCH3 is 2. The van der Waals surface area contributed by atoms with Gasteiger partial charge in [-0.1, -0.05) is 76.2 Å². The monoisotopic (exact) mass is 738 g/mol. The van der Waals surface area contributed by atoms with E-state index in [4.69, 9.17) is 9.47 Å². The van der Waals surface area contributed by atoms with Crippen molar-refractivity contribution in [2.24, 2.45) is 11.8 Å². The number of nitrogens with zero attached hydrogens (tertiary/aromatic N) is 3. The topological polar surface area (TPSA) is 183 Å². The van der Waals surface area contributed by atoms with E-state index in [2.05, 4.69) is 60.2 Å². The van der Waals surface area contributed by atoms with E-state index in [-0.39, 0.29) is 29.7 Å². The van der Waals surface area contributed by atoms with Crippen LogP contribution < -0.4 is 16.0 Å². The lowest BCUT2D eigenvalue weighted by Gasteiger charge is -2.42. The number of imidazole rings is 2. The lowest BCUT2D eigenvalue weighted by atomic mass is 9.75. The van der Waals surface area contributed by atoms with Crippen molar-refractivity contribution in [2.45, 2.75) is 83.5 Å². The summed E-state index contributed by atoms with van der Waals surface area (Å²) >= 11 is 0. The first-order chi connectivity index (χ1) is 25.9. The normalized spacial score (nSPS) is 17.4. The van der Waals surface area contributed by atoms with Crippen LogP contribution in [0.1, 0.15) is 77.5 Å². The molecule has 1 aliphatic carbocycles. The SMILES string of the molecule is COC(=O)NC(C(=O)NC1(c2ncc(-c3ccc(-c4ccc(-c5cnc(C6CCCN6C(=O)C(NC(=O)OC)C(C)C)[nH]5)cc4)cc3)[nH]2)CCC1)C(C)C. The summed E-state index contributed by atoms with van der Waals surface area (Å²) in [6.07, 6.45) is 6.40. The van der Waals surface area contributed by atoms with Gasteiger partial charge in [-0.3, -0.25) is 9.59 Å². The Hall–Kier alpha value is -5.66. The van der Waals surface area contributed by atoms with Crippen molar-refractivity contribution in [3.63, 3.8) is 0 Å². The molecule has 6 rings (SSSR count). The van der Waals surface area contributed by atoms with Gasteiger partial charge in [-0.05, 0) is 66.2 Å². The molecular weight excluding hydrogens is 688 g/mol. The zero-order valence-corrected chi connectivity index (χ0v) is 31.7. The summed E-state index contributed by atoms with van der Waals surface area (Å²) in [6, 6.07) is 14.8. The highest BCUT2D eigenvalue weighted by atomic mass is 16.5. The van der Waals surface area contributed by atoms with Crippen molar-refractivity contribution < 1.29 is 28.7 Å². The van der Waals surface area contributed by atoms with Gasteiger partial charge in [0.1, 0.15) is 23.7 Å². The summed E-state index contributed by atoms with van der Waals surface area (Å²) in [5.74, 6) is 0.773. The second-order valence-electron chi connectivity index (χ2n) is 14.8. The van der Waals surface area contributed by atoms with Crippen molar-refractivity contribution in [2.75, 3.05) is 20.8 Å². The molecule has 2 aromatic heterocycles. The Morgan fingerprint density at radius 2 is 1.26 bits per heavy atom. The zero-order chi connectivity index (χ0) is 38.6. The minimum atomic E-state index is -0.732. The largest absolute Gasteiger partial charge is 0.453 e. The molecule has 54 heavy (non-hydrogen) atoms. The van der Waals surface area contributed by atoms with Crippen molar-refractivity contribution in [1.82, 2.24) is 40.8 Å². The molecule has 2 aromatic carbocycles. The first kappa shape index (κ1) is 38.1. The number of carbonyl (C=O) groups excluding carboxylic acids is 4. The van der Waals surface area contributed by atoms with Crippen molar-refractivity contribution >= 4 is 24.0 Å². The molecule has 1 saturated heterocycles. The number of H-pyrrole nitrogens is 2. The van der Waals surface area contributed by atoms with Crippen molar-refractivity contribution in [3.05, 3.63) is 72.6 Å². The standard InChI is InChI=1S/C40H50N8O6/c1-23(2)32(45-38(51)53-5)35(49)47-40(18-8-19-40)37-42-22-30(44-37)28-16-12-26(13-17-28)25-10-14-27(15-11-25)29-21-41-34(43-29)31-9-7-20-48(31)36(50)33(24(3)4)46-39(52)54-6/h10-17,21-24,31-33H,7-9,18-20H2,1-6H3,(H,41,43)(H,42,44)(H,45,51)(H,46,52)(H,47,49). The van der Waals surface area contributed by atoms with E-state index in [0.29, 0.717) is 12.4 Å². The molecule has 1 aliphatic heterocycles. The summed E-state index contributed by atoms with van der Waals surface area (Å²) in [5.41, 5.74) is 5.12. The highest BCUT2D eigenvalue weighted by Crippen LogP contribution is 2.41. The molecule has 3 atom stereocenters. The first-order valence-corrected chi connectivity index (χ1v) is 18.6. The van der Waals surface area contributed by atoms with Crippen LogP contribution in [0.4, 0.5) is 9.59 Å². The molecule has 3 heterocycles. The molecule has 0 bridgehead atoms. The number of amides is 4. The van der Waals surface area contributed by atoms with Crippen LogP contribution in [0.3, 0.4) is 0 Å². The molecule has 4 amide bonds. The molecule has 2 fully saturated rings. The lowest BCUT2D eigenvalue weighted by Crippen LogP contribution is -2.58. The Balaban J connectivity index is 1.11. The molecule has 1 saturated carbocycles. The number of nitrogens with one attached hydrogen (secondary N) is 5. The van der Waals surface area contributed by atoms with Crippen LogP contribution in [0.5, 0.6) is 0 Å². The number of benzene rings is 2. The molecular formula is C40H50N8O6. The van der Waals surface area contributed by atoms with Gasteiger partial charge in [-0.15, -0.1) is 0 Å². The molecule has 0 spiro atoms. The number of aromatic amines is 2. The summed E-state index contributed by atoms with van der Waals surface area (Å²) < 4.78 is 9.47. The number of aromatic nitrogens is 4. The van der Waals surface area contributed by atoms with Gasteiger partial charge in [-0.2, -0.15) is 0 Å². The maximum absolute atomic E-state index is 13.5. The maximum Gasteiger partial charge on any atom is 0.407 e. The van der Waals surface area contributed by atoms with E-state index in [1.807, 2.05) is 52.0 Å². The minimum Gasteiger partial charge on any atom is -0.453 e. The number of carbonyl (C=O) groups is 4. The fourth-order valence-electron chi connectivity index (χ4n) is 7.23. The Labute approximate surface area is 315 Å². The Kier molecular flexibility index (Phi) is 11.4. The van der Waals surface area contributed by atoms with Crippen molar-refractivity contribution in [1.29, 1.82) is 0 Å². The van der Waals surface area contributed by atoms with Gasteiger partial charge in [0, 0.05) is 6.54 Å². The molecule has 2 aliphatic rings. The van der Waals surface area contributed by atoms with Gasteiger partial charge in [0.15, 0.2) is 0 Å². The van der Waals surface area contributed by atoms with Gasteiger partial charge >= 0.3 is 12.2 Å². The summed E-state index contributed by atoms with van der Waals surface area (Å²) in [5, 5.41) is 8.50. The van der Waals surface area contributed by atoms with Gasteiger partial charge in [0.05, 0.1) is 49.6 Å². The second kappa shape index (κ2) is 16.1. The number of ether oxygens (including phenoxy) is 2. The molecule has 5 N–H and O–H groups in total. The van der Waals surface area contributed by atoms with E-state index in [0.717, 1.165) is 71.6 Å². The van der Waals surface area contributed by atoms with Gasteiger partial charge in [0.25, 0.3) is 0 Å². The number of hydrogen-bond donors (Lipinski definition) is 5. The third kappa shape index (κ3) is 7.97. The predicted molar refractivity (Wildman–Crippen MR) is 203 cm³/mol. The number of likely N-dealkylation sites (tertiary alicyclic amines) is 1. The number of alkyl carbamates (subject to hydrolysis) is 2. The van der Waals surface area contributed by atoms with Gasteiger partial charge in [-0.25, -0.2) is 19.6 Å². The van der Waals surface area contributed by atoms with Gasteiger partial charge in [0.2, 0.25) is 11.8 Å².